The number of fused-ring (bicyclic) bond motifs is 1. The second-order valence-electron chi connectivity index (χ2n) is 7.95. The van der Waals surface area contributed by atoms with E-state index in [-0.39, 0.29) is 10.7 Å². The maximum Gasteiger partial charge on any atom is 0.275 e. The lowest BCUT2D eigenvalue weighted by atomic mass is 9.96. The van der Waals surface area contributed by atoms with Gasteiger partial charge >= 0.3 is 0 Å². The van der Waals surface area contributed by atoms with Crippen LogP contribution >= 0.6 is 11.6 Å². The van der Waals surface area contributed by atoms with Gasteiger partial charge in [-0.25, -0.2) is 23.7 Å². The van der Waals surface area contributed by atoms with Crippen molar-refractivity contribution in [3.05, 3.63) is 58.5 Å². The largest absolute Gasteiger partial charge is 0.365 e. The molecule has 1 fully saturated rings. The number of alkyl halides is 2. The van der Waals surface area contributed by atoms with Gasteiger partial charge in [0.2, 0.25) is 0 Å². The predicted molar refractivity (Wildman–Crippen MR) is 111 cm³/mol. The summed E-state index contributed by atoms with van der Waals surface area (Å²) >= 11 is 6.30. The van der Waals surface area contributed by atoms with Gasteiger partial charge in [-0.3, -0.25) is 0 Å². The number of halogens is 3. The monoisotopic (exact) mass is 427 g/mol. The maximum atomic E-state index is 14.4. The Morgan fingerprint density at radius 3 is 2.70 bits per heavy atom. The quantitative estimate of drug-likeness (QED) is 0.519. The highest BCUT2D eigenvalue weighted by atomic mass is 35.5. The third-order valence-corrected chi connectivity index (χ3v) is 5.84. The van der Waals surface area contributed by atoms with Crippen molar-refractivity contribution in [1.82, 2.24) is 15.0 Å². The molecule has 0 amide bonds. The molecular weight excluding hydrogens is 408 g/mol. The molecule has 1 N–H and O–H groups in total. The molecule has 1 aliphatic carbocycles. The number of anilines is 1. The Hall–Kier alpha value is -2.85. The number of nitrogens with zero attached hydrogens (tertiary/aromatic N) is 4. The number of hydrogen-bond acceptors (Lipinski definition) is 5. The van der Waals surface area contributed by atoms with Gasteiger partial charge < -0.3 is 5.32 Å². The van der Waals surface area contributed by atoms with Crippen LogP contribution in [0.5, 0.6) is 0 Å². The minimum atomic E-state index is -2.90. The van der Waals surface area contributed by atoms with Crippen molar-refractivity contribution in [2.24, 2.45) is 5.92 Å². The number of nitriles is 1. The van der Waals surface area contributed by atoms with Crippen LogP contribution in [-0.4, -0.2) is 15.0 Å². The molecule has 1 aliphatic rings. The molecule has 0 atom stereocenters. The van der Waals surface area contributed by atoms with Crippen LogP contribution in [-0.2, 0) is 17.9 Å². The summed E-state index contributed by atoms with van der Waals surface area (Å²) in [4.78, 5) is 12.8. The second-order valence-corrected chi connectivity index (χ2v) is 8.30. The smallest absolute Gasteiger partial charge is 0.275 e. The van der Waals surface area contributed by atoms with Gasteiger partial charge in [0, 0.05) is 23.6 Å². The molecule has 0 saturated heterocycles. The standard InChI is InChI=1S/C22H20ClF2N5/c1-13(2)22(24,25)15-5-3-4-14(8-15)10-27-19-16-9-17(21(11-26)6-7-21)18(23)30-20(16)29-12-28-19/h3-5,8-9,12-13H,6-7,10H2,1-2H3,(H,27,28,29,30). The highest BCUT2D eigenvalue weighted by molar-refractivity contribution is 6.30. The van der Waals surface area contributed by atoms with Gasteiger partial charge in [-0.1, -0.05) is 43.6 Å². The summed E-state index contributed by atoms with van der Waals surface area (Å²) in [7, 11) is 0. The van der Waals surface area contributed by atoms with E-state index in [4.69, 9.17) is 11.6 Å². The first-order valence-corrected chi connectivity index (χ1v) is 10.1. The van der Waals surface area contributed by atoms with Gasteiger partial charge in [-0.05, 0) is 30.5 Å². The van der Waals surface area contributed by atoms with Crippen LogP contribution in [0.3, 0.4) is 0 Å². The second kappa shape index (κ2) is 7.44. The average molecular weight is 428 g/mol. The van der Waals surface area contributed by atoms with E-state index in [1.54, 1.807) is 12.1 Å². The van der Waals surface area contributed by atoms with Crippen LogP contribution in [0.25, 0.3) is 11.0 Å². The summed E-state index contributed by atoms with van der Waals surface area (Å²) in [6.45, 7) is 3.30. The molecule has 0 bridgehead atoms. The SMILES string of the molecule is CC(C)C(F)(F)c1cccc(CNc2ncnc3nc(Cl)c(C4(C#N)CC4)cc23)c1. The molecule has 8 heteroatoms. The first-order valence-electron chi connectivity index (χ1n) is 9.71. The van der Waals surface area contributed by atoms with Crippen LogP contribution in [0.1, 0.15) is 43.4 Å². The van der Waals surface area contributed by atoms with Crippen molar-refractivity contribution in [3.63, 3.8) is 0 Å². The zero-order valence-electron chi connectivity index (χ0n) is 16.6. The Labute approximate surface area is 178 Å². The lowest BCUT2D eigenvalue weighted by Gasteiger charge is -2.21. The lowest BCUT2D eigenvalue weighted by Crippen LogP contribution is -2.21. The Balaban J connectivity index is 1.64. The van der Waals surface area contributed by atoms with Gasteiger partial charge in [0.25, 0.3) is 5.92 Å². The Kier molecular flexibility index (Phi) is 5.07. The fourth-order valence-electron chi connectivity index (χ4n) is 3.42. The Morgan fingerprint density at radius 2 is 2.03 bits per heavy atom. The van der Waals surface area contributed by atoms with E-state index < -0.39 is 17.3 Å². The molecule has 5 nitrogen and oxygen atoms in total. The van der Waals surface area contributed by atoms with E-state index in [0.29, 0.717) is 34.5 Å². The number of benzene rings is 1. The number of hydrogen-bond donors (Lipinski definition) is 1. The molecule has 0 spiro atoms. The zero-order valence-corrected chi connectivity index (χ0v) is 17.3. The molecule has 154 valence electrons. The zero-order chi connectivity index (χ0) is 21.5. The van der Waals surface area contributed by atoms with Crippen LogP contribution in [0, 0.1) is 17.2 Å². The predicted octanol–water partition coefficient (Wildman–Crippen LogP) is 5.59. The number of rotatable bonds is 6. The lowest BCUT2D eigenvalue weighted by molar-refractivity contribution is -0.0514. The minimum Gasteiger partial charge on any atom is -0.365 e. The van der Waals surface area contributed by atoms with Crippen molar-refractivity contribution in [2.45, 2.75) is 44.6 Å². The van der Waals surface area contributed by atoms with Gasteiger partial charge in [-0.2, -0.15) is 5.26 Å². The van der Waals surface area contributed by atoms with Crippen LogP contribution in [0.2, 0.25) is 5.15 Å². The molecule has 4 rings (SSSR count). The first-order chi connectivity index (χ1) is 14.3. The fourth-order valence-corrected chi connectivity index (χ4v) is 3.73. The van der Waals surface area contributed by atoms with Crippen molar-refractivity contribution in [1.29, 1.82) is 5.26 Å². The van der Waals surface area contributed by atoms with Crippen LogP contribution in [0.15, 0.2) is 36.7 Å². The molecule has 0 radical (unpaired) electrons. The summed E-state index contributed by atoms with van der Waals surface area (Å²) in [6, 6.07) is 10.5. The van der Waals surface area contributed by atoms with E-state index in [2.05, 4.69) is 26.3 Å². The summed E-state index contributed by atoms with van der Waals surface area (Å²) in [6.07, 6.45) is 2.85. The number of aromatic nitrogens is 3. The van der Waals surface area contributed by atoms with E-state index >= 15 is 0 Å². The highest BCUT2D eigenvalue weighted by Crippen LogP contribution is 2.50. The van der Waals surface area contributed by atoms with Crippen molar-refractivity contribution in [2.75, 3.05) is 5.32 Å². The third kappa shape index (κ3) is 3.56. The fraction of sp³-hybridized carbons (Fsp3) is 0.364. The van der Waals surface area contributed by atoms with Crippen LogP contribution < -0.4 is 5.32 Å². The molecule has 2 heterocycles. The third-order valence-electron chi connectivity index (χ3n) is 5.55. The van der Waals surface area contributed by atoms with Gasteiger partial charge in [0.15, 0.2) is 5.65 Å². The minimum absolute atomic E-state index is 0.00947. The summed E-state index contributed by atoms with van der Waals surface area (Å²) < 4.78 is 28.8. The molecule has 1 saturated carbocycles. The molecule has 2 aromatic heterocycles. The molecule has 30 heavy (non-hydrogen) atoms. The van der Waals surface area contributed by atoms with E-state index in [0.717, 1.165) is 12.8 Å². The molecule has 0 aliphatic heterocycles. The van der Waals surface area contributed by atoms with Gasteiger partial charge in [-0.15, -0.1) is 0 Å². The highest BCUT2D eigenvalue weighted by Gasteiger charge is 2.47. The topological polar surface area (TPSA) is 74.5 Å². The van der Waals surface area contributed by atoms with Crippen LogP contribution in [0.4, 0.5) is 14.6 Å². The van der Waals surface area contributed by atoms with Crippen molar-refractivity contribution in [3.8, 4) is 6.07 Å². The molecular formula is C22H20ClF2N5. The van der Waals surface area contributed by atoms with Crippen molar-refractivity contribution < 1.29 is 8.78 Å². The molecule has 3 aromatic rings. The Morgan fingerprint density at radius 1 is 1.27 bits per heavy atom. The maximum absolute atomic E-state index is 14.4. The normalized spacial score (nSPS) is 15.2. The summed E-state index contributed by atoms with van der Waals surface area (Å²) in [5.41, 5.74) is 1.19. The van der Waals surface area contributed by atoms with Crippen molar-refractivity contribution >= 4 is 28.5 Å². The van der Waals surface area contributed by atoms with E-state index in [1.165, 1.54) is 32.3 Å². The summed E-state index contributed by atoms with van der Waals surface area (Å²) in [5, 5.41) is 13.6. The molecule has 1 aromatic carbocycles. The first kappa shape index (κ1) is 20.4. The van der Waals surface area contributed by atoms with E-state index in [1.807, 2.05) is 6.07 Å². The summed E-state index contributed by atoms with van der Waals surface area (Å²) in [5.74, 6) is -3.18. The average Bonchev–Trinajstić information content (AvgIpc) is 3.53. The van der Waals surface area contributed by atoms with Gasteiger partial charge in [0.1, 0.15) is 17.3 Å². The number of nitrogens with one attached hydrogen (secondary N) is 1. The molecule has 0 unspecified atom stereocenters. The van der Waals surface area contributed by atoms with E-state index in [9.17, 15) is 14.0 Å². The Bertz CT molecular complexity index is 1150. The number of pyridine rings is 1. The van der Waals surface area contributed by atoms with Gasteiger partial charge in [0.05, 0.1) is 16.9 Å².